The molecule has 28 heavy (non-hydrogen) atoms. The van der Waals surface area contributed by atoms with Crippen LogP contribution in [0.3, 0.4) is 0 Å². The Balaban J connectivity index is 2.83. The molecule has 0 aliphatic rings. The van der Waals surface area contributed by atoms with Crippen LogP contribution in [0.1, 0.15) is 25.8 Å². The van der Waals surface area contributed by atoms with Crippen molar-refractivity contribution in [3.8, 4) is 0 Å². The number of halogens is 1. The van der Waals surface area contributed by atoms with Gasteiger partial charge in [0, 0.05) is 19.4 Å². The highest BCUT2D eigenvalue weighted by atomic mass is 19.1. The summed E-state index contributed by atoms with van der Waals surface area (Å²) < 4.78 is 18.1. The second kappa shape index (κ2) is 11.5. The maximum absolute atomic E-state index is 13.4. The summed E-state index contributed by atoms with van der Waals surface area (Å²) in [5, 5.41) is 4.90. The molecule has 0 spiro atoms. The Bertz CT molecular complexity index is 751. The Morgan fingerprint density at radius 2 is 1.93 bits per heavy atom. The molecule has 1 aromatic rings. The maximum Gasteiger partial charge on any atom is 0.330 e. The quantitative estimate of drug-likeness (QED) is 0.390. The number of nitrogens with one attached hydrogen (secondary N) is 2. The maximum atomic E-state index is 13.4. The van der Waals surface area contributed by atoms with Gasteiger partial charge in [-0.1, -0.05) is 18.2 Å². The summed E-state index contributed by atoms with van der Waals surface area (Å²) in [6.45, 7) is 3.09. The first-order valence-corrected chi connectivity index (χ1v) is 8.67. The minimum absolute atomic E-state index is 0.0212. The van der Waals surface area contributed by atoms with Gasteiger partial charge in [-0.3, -0.25) is 14.4 Å². The van der Waals surface area contributed by atoms with Crippen molar-refractivity contribution in [1.29, 1.82) is 0 Å². The van der Waals surface area contributed by atoms with Crippen LogP contribution in [0.4, 0.5) is 4.39 Å². The zero-order chi connectivity index (χ0) is 21.1. The molecule has 0 unspecified atom stereocenters. The fraction of sp³-hybridized carbons (Fsp3) is 0.368. The Morgan fingerprint density at radius 1 is 1.21 bits per heavy atom. The summed E-state index contributed by atoms with van der Waals surface area (Å²) in [4.78, 5) is 46.9. The van der Waals surface area contributed by atoms with E-state index in [0.717, 1.165) is 6.08 Å². The summed E-state index contributed by atoms with van der Waals surface area (Å²) in [6, 6.07) is 3.47. The van der Waals surface area contributed by atoms with Gasteiger partial charge in [-0.25, -0.2) is 9.18 Å². The van der Waals surface area contributed by atoms with E-state index in [0.29, 0.717) is 5.56 Å². The van der Waals surface area contributed by atoms with Gasteiger partial charge in [-0.05, 0) is 31.0 Å². The van der Waals surface area contributed by atoms with Gasteiger partial charge in [0.15, 0.2) is 0 Å². The molecule has 0 bridgehead atoms. The second-order valence-corrected chi connectivity index (χ2v) is 5.94. The van der Waals surface area contributed by atoms with E-state index in [2.05, 4.69) is 10.6 Å². The third-order valence-corrected chi connectivity index (χ3v) is 3.60. The molecule has 0 heterocycles. The lowest BCUT2D eigenvalue weighted by atomic mass is 10.0. The van der Waals surface area contributed by atoms with E-state index in [1.165, 1.54) is 31.2 Å². The lowest BCUT2D eigenvalue weighted by molar-refractivity contribution is -0.137. The molecule has 0 aliphatic heterocycles. The molecule has 0 fully saturated rings. The van der Waals surface area contributed by atoms with Gasteiger partial charge >= 0.3 is 5.97 Å². The molecule has 4 N–H and O–H groups in total. The van der Waals surface area contributed by atoms with Crippen LogP contribution in [0.15, 0.2) is 36.4 Å². The van der Waals surface area contributed by atoms with Crippen molar-refractivity contribution in [2.75, 3.05) is 6.61 Å². The van der Waals surface area contributed by atoms with Crippen LogP contribution in [0.2, 0.25) is 0 Å². The summed E-state index contributed by atoms with van der Waals surface area (Å²) >= 11 is 0. The van der Waals surface area contributed by atoms with Gasteiger partial charge in [0.2, 0.25) is 17.7 Å². The number of hydrogen-bond donors (Lipinski definition) is 3. The van der Waals surface area contributed by atoms with E-state index in [4.69, 9.17) is 10.5 Å². The topological polar surface area (TPSA) is 128 Å². The number of ether oxygens (including phenoxy) is 1. The number of amides is 3. The van der Waals surface area contributed by atoms with Gasteiger partial charge in [0.05, 0.1) is 6.61 Å². The van der Waals surface area contributed by atoms with Crippen LogP contribution < -0.4 is 16.4 Å². The molecule has 2 atom stereocenters. The van der Waals surface area contributed by atoms with Crippen molar-refractivity contribution in [2.45, 2.75) is 38.8 Å². The Hall–Kier alpha value is -3.23. The zero-order valence-electron chi connectivity index (χ0n) is 15.7. The largest absolute Gasteiger partial charge is 0.463 e. The number of nitrogens with two attached hydrogens (primary N) is 1. The van der Waals surface area contributed by atoms with Crippen molar-refractivity contribution < 1.29 is 28.3 Å². The molecular weight excluding hydrogens is 369 g/mol. The number of benzene rings is 1. The van der Waals surface area contributed by atoms with Crippen molar-refractivity contribution in [3.05, 3.63) is 47.8 Å². The minimum Gasteiger partial charge on any atom is -0.463 e. The van der Waals surface area contributed by atoms with E-state index < -0.39 is 41.6 Å². The monoisotopic (exact) mass is 393 g/mol. The van der Waals surface area contributed by atoms with E-state index in [9.17, 15) is 23.6 Å². The van der Waals surface area contributed by atoms with E-state index in [1.807, 2.05) is 0 Å². The highest BCUT2D eigenvalue weighted by Gasteiger charge is 2.24. The van der Waals surface area contributed by atoms with Gasteiger partial charge < -0.3 is 21.1 Å². The Labute approximate surface area is 162 Å². The molecule has 0 aliphatic carbocycles. The van der Waals surface area contributed by atoms with Crippen LogP contribution in [-0.2, 0) is 30.3 Å². The van der Waals surface area contributed by atoms with Crippen LogP contribution in [-0.4, -0.2) is 42.4 Å². The average Bonchev–Trinajstić information content (AvgIpc) is 2.60. The number of rotatable bonds is 10. The van der Waals surface area contributed by atoms with Crippen molar-refractivity contribution in [1.82, 2.24) is 10.6 Å². The molecule has 8 nitrogen and oxygen atoms in total. The molecule has 1 aromatic carbocycles. The fourth-order valence-electron chi connectivity index (χ4n) is 2.36. The van der Waals surface area contributed by atoms with E-state index >= 15 is 0 Å². The molecule has 0 saturated heterocycles. The number of primary amides is 1. The first kappa shape index (κ1) is 22.8. The number of hydrogen-bond acceptors (Lipinski definition) is 5. The predicted octanol–water partition coefficient (Wildman–Crippen LogP) is 0.352. The van der Waals surface area contributed by atoms with E-state index in [1.54, 1.807) is 13.0 Å². The Kier molecular flexibility index (Phi) is 9.35. The summed E-state index contributed by atoms with van der Waals surface area (Å²) in [5.41, 5.74) is 5.79. The van der Waals surface area contributed by atoms with Gasteiger partial charge in [-0.2, -0.15) is 0 Å². The fourth-order valence-corrected chi connectivity index (χ4v) is 2.36. The first-order valence-electron chi connectivity index (χ1n) is 8.67. The van der Waals surface area contributed by atoms with Gasteiger partial charge in [0.1, 0.15) is 17.9 Å². The normalized spacial score (nSPS) is 12.8. The molecule has 0 saturated carbocycles. The van der Waals surface area contributed by atoms with Crippen molar-refractivity contribution in [3.63, 3.8) is 0 Å². The lowest BCUT2D eigenvalue weighted by Crippen LogP contribution is -2.53. The zero-order valence-corrected chi connectivity index (χ0v) is 15.7. The molecule has 152 valence electrons. The number of carbonyl (C=O) groups excluding carboxylic acids is 4. The second-order valence-electron chi connectivity index (χ2n) is 5.94. The van der Waals surface area contributed by atoms with Crippen LogP contribution in [0.5, 0.6) is 0 Å². The molecule has 9 heteroatoms. The number of esters is 1. The molecule has 0 radical (unpaired) electrons. The minimum atomic E-state index is -1.10. The average molecular weight is 393 g/mol. The lowest BCUT2D eigenvalue weighted by Gasteiger charge is -2.21. The predicted molar refractivity (Wildman–Crippen MR) is 99.2 cm³/mol. The van der Waals surface area contributed by atoms with Gasteiger partial charge in [-0.15, -0.1) is 0 Å². The highest BCUT2D eigenvalue weighted by molar-refractivity contribution is 5.91. The van der Waals surface area contributed by atoms with E-state index in [-0.39, 0.29) is 19.4 Å². The van der Waals surface area contributed by atoms with Crippen molar-refractivity contribution >= 4 is 23.7 Å². The number of carbonyl (C=O) groups is 4. The molecule has 1 rings (SSSR count). The van der Waals surface area contributed by atoms with Crippen LogP contribution >= 0.6 is 0 Å². The van der Waals surface area contributed by atoms with Crippen molar-refractivity contribution in [2.24, 2.45) is 5.73 Å². The molecular formula is C19H24FN3O5. The summed E-state index contributed by atoms with van der Waals surface area (Å²) in [6.07, 6.45) is 2.47. The smallest absolute Gasteiger partial charge is 0.330 e. The third-order valence-electron chi connectivity index (χ3n) is 3.60. The third kappa shape index (κ3) is 8.43. The Morgan fingerprint density at radius 3 is 2.50 bits per heavy atom. The van der Waals surface area contributed by atoms with Crippen LogP contribution in [0, 0.1) is 5.82 Å². The summed E-state index contributed by atoms with van der Waals surface area (Å²) in [7, 11) is 0. The summed E-state index contributed by atoms with van der Waals surface area (Å²) in [5.74, 6) is -2.99. The van der Waals surface area contributed by atoms with Gasteiger partial charge in [0.25, 0.3) is 0 Å². The first-order chi connectivity index (χ1) is 13.2. The highest BCUT2D eigenvalue weighted by Crippen LogP contribution is 2.07. The molecule has 0 aromatic heterocycles. The van der Waals surface area contributed by atoms with Crippen LogP contribution in [0.25, 0.3) is 0 Å². The SMILES string of the molecule is CCOC(=O)/C=C/C[C@@H](NC(=O)[C@H](Cc1cccc(F)c1)NC(C)=O)C(N)=O. The standard InChI is InChI=1S/C19H24FN3O5/c1-3-28-17(25)9-5-8-15(18(21)26)23-19(27)16(22-12(2)24)11-13-6-4-7-14(20)10-13/h4-7,9-10,15-16H,3,8,11H2,1-2H3,(H2,21,26)(H,22,24)(H,23,27)/b9-5+/t15-,16+/m1/s1. The molecule has 3 amide bonds.